The first-order valence-corrected chi connectivity index (χ1v) is 18.8. The van der Waals surface area contributed by atoms with E-state index in [9.17, 15) is 8.42 Å². The van der Waals surface area contributed by atoms with E-state index in [2.05, 4.69) is 25.0 Å². The van der Waals surface area contributed by atoms with Crippen LogP contribution in [0.3, 0.4) is 0 Å². The molecule has 0 aromatic rings. The quantitative estimate of drug-likeness (QED) is 0.0374. The monoisotopic (exact) mass is 598 g/mol. The predicted octanol–water partition coefficient (Wildman–Crippen LogP) is 9.37. The molecule has 0 rings (SSSR count). The summed E-state index contributed by atoms with van der Waals surface area (Å²) in [6.45, 7) is 8.52. The van der Waals surface area contributed by atoms with Crippen LogP contribution >= 0.6 is 0 Å². The molecule has 238 valence electrons. The van der Waals surface area contributed by atoms with E-state index in [1.807, 2.05) is 0 Å². The van der Waals surface area contributed by atoms with Gasteiger partial charge in [0, 0.05) is 0 Å². The average Bonchev–Trinajstić information content (AvgIpc) is 2.91. The molecule has 1 N–H and O–H groups in total. The van der Waals surface area contributed by atoms with Gasteiger partial charge in [0.2, 0.25) is 0 Å². The third kappa shape index (κ3) is 48.6. The second-order valence-electron chi connectivity index (χ2n) is 11.6. The van der Waals surface area contributed by atoms with Crippen molar-refractivity contribution in [3.63, 3.8) is 0 Å². The van der Waals surface area contributed by atoms with Crippen molar-refractivity contribution in [3.8, 4) is 0 Å². The zero-order valence-corrected chi connectivity index (χ0v) is 30.5. The third-order valence-electron chi connectivity index (χ3n) is 7.58. The maximum absolute atomic E-state index is 10.3. The van der Waals surface area contributed by atoms with Crippen LogP contribution in [0.4, 0.5) is 0 Å². The molecule has 0 saturated heterocycles. The standard InChI is InChI=1S/C18H38O4S.C16H33.Na/c1-2-3-4-5-6-7-8-9-10-11-12-13-14-15-16-17-18-22-23(19,20)21;1-3-5-7-9-11-13-15-16-14-12-10-8-6-4-2;/h2-18H2,1H3,(H,19,20,21);1,3-16H2,2H3;/q;-1;+1. The molecular formula is C34H71NaO4S. The zero-order valence-electron chi connectivity index (χ0n) is 27.7. The largest absolute Gasteiger partial charge is 1.00 e. The smallest absolute Gasteiger partial charge is 0.343 e. The SMILES string of the molecule is CCCCCCCCCCCCCCCCCCOS(=O)(=O)O.[CH2-]CCCCCCCCCCCCCCC.[Na+]. The molecule has 0 atom stereocenters. The van der Waals surface area contributed by atoms with Crippen LogP contribution in [-0.4, -0.2) is 19.6 Å². The van der Waals surface area contributed by atoms with Crippen LogP contribution in [0.25, 0.3) is 0 Å². The first kappa shape index (κ1) is 45.3. The number of hydrogen-bond acceptors (Lipinski definition) is 3. The molecule has 0 heterocycles. The zero-order chi connectivity index (χ0) is 29.1. The van der Waals surface area contributed by atoms with E-state index in [0.717, 1.165) is 19.3 Å². The van der Waals surface area contributed by atoms with Gasteiger partial charge in [0.15, 0.2) is 0 Å². The molecule has 0 saturated carbocycles. The summed E-state index contributed by atoms with van der Waals surface area (Å²) in [6, 6.07) is 0. The molecule has 0 amide bonds. The summed E-state index contributed by atoms with van der Waals surface area (Å²) in [5, 5.41) is 0. The Kier molecular flexibility index (Phi) is 45.2. The van der Waals surface area contributed by atoms with Crippen LogP contribution in [0.15, 0.2) is 0 Å². The maximum Gasteiger partial charge on any atom is 1.00 e. The van der Waals surface area contributed by atoms with E-state index in [0.29, 0.717) is 6.42 Å². The Morgan fingerprint density at radius 3 is 0.900 bits per heavy atom. The van der Waals surface area contributed by atoms with E-state index in [1.165, 1.54) is 167 Å². The molecular weight excluding hydrogens is 527 g/mol. The topological polar surface area (TPSA) is 63.6 Å². The van der Waals surface area contributed by atoms with Crippen LogP contribution in [0.5, 0.6) is 0 Å². The Morgan fingerprint density at radius 1 is 0.450 bits per heavy atom. The van der Waals surface area contributed by atoms with E-state index < -0.39 is 10.4 Å². The summed E-state index contributed by atoms with van der Waals surface area (Å²) in [5.41, 5.74) is 0. The van der Waals surface area contributed by atoms with Gasteiger partial charge in [-0.05, 0) is 6.42 Å². The minimum Gasteiger partial charge on any atom is -0.343 e. The van der Waals surface area contributed by atoms with Crippen molar-refractivity contribution in [2.24, 2.45) is 0 Å². The Balaban J connectivity index is -0.000000710. The molecule has 0 aromatic carbocycles. The van der Waals surface area contributed by atoms with Crippen LogP contribution in [0.1, 0.15) is 206 Å². The molecule has 4 nitrogen and oxygen atoms in total. The van der Waals surface area contributed by atoms with E-state index in [1.54, 1.807) is 0 Å². The molecule has 0 aliphatic rings. The Morgan fingerprint density at radius 2 is 0.675 bits per heavy atom. The molecule has 0 radical (unpaired) electrons. The summed E-state index contributed by atoms with van der Waals surface area (Å²) < 4.78 is 33.3. The molecule has 0 bridgehead atoms. The fourth-order valence-electron chi connectivity index (χ4n) is 5.01. The predicted molar refractivity (Wildman–Crippen MR) is 173 cm³/mol. The Hall–Kier alpha value is 0.870. The van der Waals surface area contributed by atoms with E-state index >= 15 is 0 Å². The molecule has 40 heavy (non-hydrogen) atoms. The van der Waals surface area contributed by atoms with Gasteiger partial charge in [0.1, 0.15) is 0 Å². The van der Waals surface area contributed by atoms with Crippen LogP contribution in [0.2, 0.25) is 0 Å². The number of hydrogen-bond donors (Lipinski definition) is 1. The van der Waals surface area contributed by atoms with Gasteiger partial charge in [-0.25, -0.2) is 4.18 Å². The van der Waals surface area contributed by atoms with Gasteiger partial charge in [-0.15, -0.1) is 0 Å². The first-order chi connectivity index (χ1) is 19.0. The normalized spacial score (nSPS) is 11.2. The van der Waals surface area contributed by atoms with E-state index in [4.69, 9.17) is 4.55 Å². The minimum absolute atomic E-state index is 0. The van der Waals surface area contributed by atoms with Crippen molar-refractivity contribution >= 4 is 10.4 Å². The van der Waals surface area contributed by atoms with Gasteiger partial charge in [0.05, 0.1) is 6.61 Å². The van der Waals surface area contributed by atoms with Gasteiger partial charge in [-0.2, -0.15) is 14.8 Å². The first-order valence-electron chi connectivity index (χ1n) is 17.4. The van der Waals surface area contributed by atoms with Crippen molar-refractivity contribution in [2.45, 2.75) is 206 Å². The summed E-state index contributed by atoms with van der Waals surface area (Å²) in [4.78, 5) is 0. The molecule has 6 heteroatoms. The van der Waals surface area contributed by atoms with Gasteiger partial charge in [-0.1, -0.05) is 194 Å². The fraction of sp³-hybridized carbons (Fsp3) is 0.971. The molecule has 0 unspecified atom stereocenters. The molecule has 0 aliphatic heterocycles. The van der Waals surface area contributed by atoms with Crippen molar-refractivity contribution in [1.82, 2.24) is 0 Å². The van der Waals surface area contributed by atoms with E-state index in [-0.39, 0.29) is 36.2 Å². The Labute approximate surface area is 275 Å². The van der Waals surface area contributed by atoms with Crippen molar-refractivity contribution in [3.05, 3.63) is 6.92 Å². The number of unbranched alkanes of at least 4 members (excludes halogenated alkanes) is 28. The Bertz CT molecular complexity index is 514. The van der Waals surface area contributed by atoms with Crippen LogP contribution in [0, 0.1) is 6.92 Å². The van der Waals surface area contributed by atoms with Gasteiger partial charge in [0.25, 0.3) is 0 Å². The van der Waals surface area contributed by atoms with Gasteiger partial charge in [-0.3, -0.25) is 4.55 Å². The van der Waals surface area contributed by atoms with Crippen LogP contribution < -0.4 is 29.6 Å². The maximum atomic E-state index is 10.3. The average molecular weight is 599 g/mol. The molecule has 0 fully saturated rings. The van der Waals surface area contributed by atoms with Crippen molar-refractivity contribution in [1.29, 1.82) is 0 Å². The molecule has 0 spiro atoms. The summed E-state index contributed by atoms with van der Waals surface area (Å²) in [5.74, 6) is 0. The molecule has 0 aliphatic carbocycles. The number of rotatable bonds is 31. The second kappa shape index (κ2) is 39.9. The minimum atomic E-state index is -4.24. The summed E-state index contributed by atoms with van der Waals surface area (Å²) in [6.07, 6.45) is 40.3. The molecule has 0 aromatic heterocycles. The van der Waals surface area contributed by atoms with Crippen molar-refractivity contribution in [2.75, 3.05) is 6.61 Å². The summed E-state index contributed by atoms with van der Waals surface area (Å²) in [7, 11) is -4.24. The third-order valence-corrected chi connectivity index (χ3v) is 8.05. The summed E-state index contributed by atoms with van der Waals surface area (Å²) >= 11 is 0. The van der Waals surface area contributed by atoms with Gasteiger partial charge >= 0.3 is 40.0 Å². The second-order valence-corrected chi connectivity index (χ2v) is 12.7. The fourth-order valence-corrected chi connectivity index (χ4v) is 5.34. The van der Waals surface area contributed by atoms with Gasteiger partial charge < -0.3 is 6.92 Å². The van der Waals surface area contributed by atoms with Crippen molar-refractivity contribution < 1.29 is 46.7 Å². The van der Waals surface area contributed by atoms with Crippen LogP contribution in [-0.2, 0) is 14.6 Å².